The number of benzene rings is 1. The second-order valence-corrected chi connectivity index (χ2v) is 6.08. The first-order chi connectivity index (χ1) is 12.7. The van der Waals surface area contributed by atoms with Crippen molar-refractivity contribution in [2.75, 3.05) is 44.7 Å². The molecule has 3 rings (SSSR count). The van der Waals surface area contributed by atoms with Gasteiger partial charge in [0.25, 0.3) is 5.91 Å². The quantitative estimate of drug-likeness (QED) is 0.791. The van der Waals surface area contributed by atoms with Gasteiger partial charge in [-0.2, -0.15) is 0 Å². The van der Waals surface area contributed by atoms with Crippen LogP contribution in [0.1, 0.15) is 16.1 Å². The van der Waals surface area contributed by atoms with Crippen molar-refractivity contribution in [2.45, 2.75) is 6.54 Å². The monoisotopic (exact) mass is 358 g/mol. The summed E-state index contributed by atoms with van der Waals surface area (Å²) >= 11 is 0. The van der Waals surface area contributed by atoms with Crippen molar-refractivity contribution >= 4 is 11.6 Å². The molecule has 0 bridgehead atoms. The van der Waals surface area contributed by atoms with Gasteiger partial charge in [0, 0.05) is 50.2 Å². The molecular formula is C19H23FN4O2. The van der Waals surface area contributed by atoms with E-state index in [2.05, 4.69) is 20.5 Å². The lowest BCUT2D eigenvalue weighted by atomic mass is 10.2. The summed E-state index contributed by atoms with van der Waals surface area (Å²) in [6.07, 6.45) is 1.59. The fraction of sp³-hybridized carbons (Fsp3) is 0.368. The number of pyridine rings is 1. The number of anilines is 1. The summed E-state index contributed by atoms with van der Waals surface area (Å²) in [7, 11) is 0. The van der Waals surface area contributed by atoms with Crippen molar-refractivity contribution < 1.29 is 13.9 Å². The SMILES string of the molecule is O=C(NCc1ccccc1F)c1cc(NCCN2CCOCC2)ccn1. The maximum absolute atomic E-state index is 13.6. The minimum atomic E-state index is -0.334. The summed E-state index contributed by atoms with van der Waals surface area (Å²) in [5.41, 5.74) is 1.59. The van der Waals surface area contributed by atoms with Crippen LogP contribution in [-0.4, -0.2) is 55.2 Å². The number of ether oxygens (including phenoxy) is 1. The fourth-order valence-corrected chi connectivity index (χ4v) is 2.76. The highest BCUT2D eigenvalue weighted by atomic mass is 19.1. The Morgan fingerprint density at radius 2 is 2.04 bits per heavy atom. The average molecular weight is 358 g/mol. The Morgan fingerprint density at radius 3 is 2.85 bits per heavy atom. The van der Waals surface area contributed by atoms with Gasteiger partial charge in [-0.25, -0.2) is 4.39 Å². The van der Waals surface area contributed by atoms with E-state index in [0.29, 0.717) is 11.3 Å². The van der Waals surface area contributed by atoms with E-state index >= 15 is 0 Å². The number of carbonyl (C=O) groups excluding carboxylic acids is 1. The van der Waals surface area contributed by atoms with Crippen LogP contribution in [0.3, 0.4) is 0 Å². The van der Waals surface area contributed by atoms with Crippen molar-refractivity contribution in [3.63, 3.8) is 0 Å². The molecule has 0 unspecified atom stereocenters. The molecule has 1 aliphatic heterocycles. The molecule has 6 nitrogen and oxygen atoms in total. The van der Waals surface area contributed by atoms with Crippen molar-refractivity contribution in [3.05, 3.63) is 59.7 Å². The number of hydrogen-bond donors (Lipinski definition) is 2. The van der Waals surface area contributed by atoms with E-state index in [0.717, 1.165) is 45.1 Å². The second kappa shape index (κ2) is 9.26. The van der Waals surface area contributed by atoms with Gasteiger partial charge in [0.1, 0.15) is 11.5 Å². The van der Waals surface area contributed by atoms with Crippen LogP contribution in [0.4, 0.5) is 10.1 Å². The Balaban J connectivity index is 1.49. The Morgan fingerprint density at radius 1 is 1.23 bits per heavy atom. The molecule has 1 fully saturated rings. The summed E-state index contributed by atoms with van der Waals surface area (Å²) in [5, 5.41) is 6.01. The average Bonchev–Trinajstić information content (AvgIpc) is 2.68. The summed E-state index contributed by atoms with van der Waals surface area (Å²) < 4.78 is 18.9. The molecule has 2 heterocycles. The van der Waals surface area contributed by atoms with Gasteiger partial charge in [-0.05, 0) is 18.2 Å². The highest BCUT2D eigenvalue weighted by molar-refractivity contribution is 5.93. The predicted octanol–water partition coefficient (Wildman–Crippen LogP) is 1.89. The highest BCUT2D eigenvalue weighted by Gasteiger charge is 2.11. The van der Waals surface area contributed by atoms with Crippen LogP contribution in [0, 0.1) is 5.82 Å². The van der Waals surface area contributed by atoms with Crippen molar-refractivity contribution in [2.24, 2.45) is 0 Å². The summed E-state index contributed by atoms with van der Waals surface area (Å²) in [5.74, 6) is -0.663. The van der Waals surface area contributed by atoms with E-state index < -0.39 is 0 Å². The van der Waals surface area contributed by atoms with Gasteiger partial charge in [0.05, 0.1) is 13.2 Å². The first kappa shape index (κ1) is 18.3. The van der Waals surface area contributed by atoms with Gasteiger partial charge in [-0.3, -0.25) is 14.7 Å². The van der Waals surface area contributed by atoms with Crippen LogP contribution >= 0.6 is 0 Å². The van der Waals surface area contributed by atoms with E-state index in [1.54, 1.807) is 30.5 Å². The molecule has 1 aliphatic rings. The third-order valence-electron chi connectivity index (χ3n) is 4.25. The van der Waals surface area contributed by atoms with Crippen LogP contribution in [0.5, 0.6) is 0 Å². The van der Waals surface area contributed by atoms with E-state index in [1.807, 2.05) is 6.07 Å². The summed E-state index contributed by atoms with van der Waals surface area (Å²) in [6.45, 7) is 5.27. The van der Waals surface area contributed by atoms with Gasteiger partial charge in [0.2, 0.25) is 0 Å². The van der Waals surface area contributed by atoms with Crippen LogP contribution < -0.4 is 10.6 Å². The first-order valence-electron chi connectivity index (χ1n) is 8.74. The predicted molar refractivity (Wildman–Crippen MR) is 97.6 cm³/mol. The number of nitrogens with zero attached hydrogens (tertiary/aromatic N) is 2. The lowest BCUT2D eigenvalue weighted by molar-refractivity contribution is 0.0398. The van der Waals surface area contributed by atoms with E-state index in [9.17, 15) is 9.18 Å². The highest BCUT2D eigenvalue weighted by Crippen LogP contribution is 2.09. The van der Waals surface area contributed by atoms with E-state index in [-0.39, 0.29) is 18.3 Å². The Kier molecular flexibility index (Phi) is 6.51. The molecule has 0 atom stereocenters. The smallest absolute Gasteiger partial charge is 0.270 e. The van der Waals surface area contributed by atoms with Gasteiger partial charge < -0.3 is 15.4 Å². The number of halogens is 1. The van der Waals surface area contributed by atoms with Crippen LogP contribution in [0.25, 0.3) is 0 Å². The third-order valence-corrected chi connectivity index (χ3v) is 4.25. The Bertz CT molecular complexity index is 735. The van der Waals surface area contributed by atoms with Crippen LogP contribution in [0.15, 0.2) is 42.6 Å². The van der Waals surface area contributed by atoms with Crippen LogP contribution in [0.2, 0.25) is 0 Å². The molecular weight excluding hydrogens is 335 g/mol. The van der Waals surface area contributed by atoms with E-state index in [1.165, 1.54) is 6.07 Å². The second-order valence-electron chi connectivity index (χ2n) is 6.08. The number of aromatic nitrogens is 1. The summed E-state index contributed by atoms with van der Waals surface area (Å²) in [6, 6.07) is 9.91. The molecule has 1 saturated heterocycles. The molecule has 26 heavy (non-hydrogen) atoms. The molecule has 1 aromatic carbocycles. The van der Waals surface area contributed by atoms with Gasteiger partial charge >= 0.3 is 0 Å². The van der Waals surface area contributed by atoms with Crippen molar-refractivity contribution in [1.29, 1.82) is 0 Å². The molecule has 0 spiro atoms. The first-order valence-corrected chi connectivity index (χ1v) is 8.74. The lowest BCUT2D eigenvalue weighted by Crippen LogP contribution is -2.39. The number of amides is 1. The van der Waals surface area contributed by atoms with Gasteiger partial charge in [-0.15, -0.1) is 0 Å². The molecule has 1 aromatic heterocycles. The van der Waals surface area contributed by atoms with Crippen molar-refractivity contribution in [1.82, 2.24) is 15.2 Å². The number of nitrogens with one attached hydrogen (secondary N) is 2. The number of rotatable bonds is 7. The zero-order valence-corrected chi connectivity index (χ0v) is 14.6. The zero-order chi connectivity index (χ0) is 18.2. The molecule has 2 aromatic rings. The van der Waals surface area contributed by atoms with E-state index in [4.69, 9.17) is 4.74 Å². The maximum Gasteiger partial charge on any atom is 0.270 e. The molecule has 1 amide bonds. The summed E-state index contributed by atoms with van der Waals surface area (Å²) in [4.78, 5) is 18.7. The van der Waals surface area contributed by atoms with Crippen molar-refractivity contribution in [3.8, 4) is 0 Å². The molecule has 7 heteroatoms. The fourth-order valence-electron chi connectivity index (χ4n) is 2.76. The molecule has 0 saturated carbocycles. The molecule has 138 valence electrons. The van der Waals surface area contributed by atoms with Gasteiger partial charge in [-0.1, -0.05) is 18.2 Å². The standard InChI is InChI=1S/C19H23FN4O2/c20-17-4-2-1-3-15(17)14-23-19(25)18-13-16(5-6-22-18)21-7-8-24-9-11-26-12-10-24/h1-6,13H,7-12,14H2,(H,21,22)(H,23,25). The molecule has 0 aliphatic carbocycles. The zero-order valence-electron chi connectivity index (χ0n) is 14.6. The Labute approximate surface area is 152 Å². The van der Waals surface area contributed by atoms with Crippen LogP contribution in [-0.2, 0) is 11.3 Å². The minimum absolute atomic E-state index is 0.127. The largest absolute Gasteiger partial charge is 0.384 e. The maximum atomic E-state index is 13.6. The third kappa shape index (κ3) is 5.24. The Hall–Kier alpha value is -2.51. The number of carbonyl (C=O) groups is 1. The lowest BCUT2D eigenvalue weighted by Gasteiger charge is -2.26. The molecule has 0 radical (unpaired) electrons. The normalized spacial score (nSPS) is 14.8. The minimum Gasteiger partial charge on any atom is -0.384 e. The number of hydrogen-bond acceptors (Lipinski definition) is 5. The topological polar surface area (TPSA) is 66.5 Å². The number of morpholine rings is 1. The molecule has 2 N–H and O–H groups in total. The van der Waals surface area contributed by atoms with Gasteiger partial charge in [0.15, 0.2) is 0 Å².